The van der Waals surface area contributed by atoms with Gasteiger partial charge in [-0.05, 0) is 70.2 Å². The maximum Gasteiger partial charge on any atom is 0.264 e. The molecule has 0 heterocycles. The van der Waals surface area contributed by atoms with Gasteiger partial charge < -0.3 is 15.0 Å². The van der Waals surface area contributed by atoms with Crippen molar-refractivity contribution in [2.45, 2.75) is 51.2 Å². The van der Waals surface area contributed by atoms with Crippen LogP contribution in [0.1, 0.15) is 31.9 Å². The van der Waals surface area contributed by atoms with Crippen molar-refractivity contribution >= 4 is 27.5 Å². The van der Waals surface area contributed by atoms with Crippen LogP contribution in [0.25, 0.3) is 0 Å². The first-order chi connectivity index (χ1) is 18.4. The quantitative estimate of drug-likeness (QED) is 0.381. The fourth-order valence-corrected chi connectivity index (χ4v) is 5.33. The van der Waals surface area contributed by atoms with Crippen molar-refractivity contribution in [3.8, 4) is 5.75 Å². The minimum absolute atomic E-state index is 0.00275. The summed E-state index contributed by atoms with van der Waals surface area (Å²) in [6.07, 6.45) is 0. The molecule has 8 nitrogen and oxygen atoms in total. The summed E-state index contributed by atoms with van der Waals surface area (Å²) < 4.78 is 48.4. The van der Waals surface area contributed by atoms with Crippen molar-refractivity contribution in [2.24, 2.45) is 0 Å². The number of methoxy groups -OCH3 is 1. The molecule has 0 unspecified atom stereocenters. The Morgan fingerprint density at radius 3 is 2.13 bits per heavy atom. The molecule has 0 saturated heterocycles. The number of amides is 2. The van der Waals surface area contributed by atoms with E-state index < -0.39 is 40.2 Å². The molecule has 0 aliphatic heterocycles. The lowest BCUT2D eigenvalue weighted by Gasteiger charge is -2.32. The van der Waals surface area contributed by atoms with E-state index in [9.17, 15) is 22.4 Å². The van der Waals surface area contributed by atoms with Gasteiger partial charge in [-0.15, -0.1) is 0 Å². The molecule has 3 aromatic rings. The van der Waals surface area contributed by atoms with E-state index in [1.807, 2.05) is 6.92 Å². The van der Waals surface area contributed by atoms with Crippen LogP contribution in [0.5, 0.6) is 5.75 Å². The van der Waals surface area contributed by atoms with Gasteiger partial charge in [0.25, 0.3) is 10.0 Å². The van der Waals surface area contributed by atoms with Crippen LogP contribution in [0.2, 0.25) is 0 Å². The number of carbonyl (C=O) groups excluding carboxylic acids is 2. The van der Waals surface area contributed by atoms with Crippen LogP contribution in [-0.2, 0) is 26.2 Å². The number of ether oxygens (including phenoxy) is 1. The van der Waals surface area contributed by atoms with E-state index in [2.05, 4.69) is 5.32 Å². The summed E-state index contributed by atoms with van der Waals surface area (Å²) in [5.74, 6) is -1.13. The smallest absolute Gasteiger partial charge is 0.264 e. The van der Waals surface area contributed by atoms with Gasteiger partial charge in [-0.1, -0.05) is 35.9 Å². The number of nitrogens with zero attached hydrogens (tertiary/aromatic N) is 2. The molecule has 0 saturated carbocycles. The van der Waals surface area contributed by atoms with Crippen LogP contribution in [0.4, 0.5) is 10.1 Å². The molecule has 208 valence electrons. The number of nitrogens with one attached hydrogen (secondary N) is 1. The first-order valence-electron chi connectivity index (χ1n) is 12.5. The average Bonchev–Trinajstić information content (AvgIpc) is 2.90. The van der Waals surface area contributed by atoms with E-state index in [0.717, 1.165) is 9.87 Å². The Morgan fingerprint density at radius 1 is 0.949 bits per heavy atom. The molecule has 0 aliphatic rings. The third-order valence-corrected chi connectivity index (χ3v) is 7.93. The van der Waals surface area contributed by atoms with E-state index in [1.165, 1.54) is 61.4 Å². The lowest BCUT2D eigenvalue weighted by atomic mass is 10.1. The highest BCUT2D eigenvalue weighted by atomic mass is 32.2. The van der Waals surface area contributed by atoms with Crippen molar-refractivity contribution < 1.29 is 27.1 Å². The third-order valence-electron chi connectivity index (χ3n) is 6.15. The number of anilines is 1. The van der Waals surface area contributed by atoms with Gasteiger partial charge in [0.05, 0.1) is 17.7 Å². The van der Waals surface area contributed by atoms with Crippen LogP contribution in [-0.4, -0.2) is 50.9 Å². The second-order valence-corrected chi connectivity index (χ2v) is 11.3. The molecule has 2 amide bonds. The zero-order valence-corrected chi connectivity index (χ0v) is 23.5. The predicted octanol–water partition coefficient (Wildman–Crippen LogP) is 4.28. The highest BCUT2D eigenvalue weighted by Gasteiger charge is 2.33. The molecule has 0 spiro atoms. The largest absolute Gasteiger partial charge is 0.497 e. The molecule has 0 fully saturated rings. The molecule has 39 heavy (non-hydrogen) atoms. The molecule has 3 aromatic carbocycles. The fourth-order valence-electron chi connectivity index (χ4n) is 3.91. The van der Waals surface area contributed by atoms with Crippen molar-refractivity contribution in [2.75, 3.05) is 18.0 Å². The first kappa shape index (κ1) is 29.6. The van der Waals surface area contributed by atoms with Gasteiger partial charge in [0.15, 0.2) is 0 Å². The van der Waals surface area contributed by atoms with E-state index in [0.29, 0.717) is 5.75 Å². The van der Waals surface area contributed by atoms with E-state index in [1.54, 1.807) is 44.2 Å². The molecule has 1 atom stereocenters. The van der Waals surface area contributed by atoms with Gasteiger partial charge in [0, 0.05) is 18.2 Å². The lowest BCUT2D eigenvalue weighted by molar-refractivity contribution is -0.139. The summed E-state index contributed by atoms with van der Waals surface area (Å²) in [5.41, 5.74) is 1.31. The van der Waals surface area contributed by atoms with Crippen molar-refractivity contribution in [3.05, 3.63) is 89.7 Å². The molecule has 0 bridgehead atoms. The van der Waals surface area contributed by atoms with Crippen molar-refractivity contribution in [3.63, 3.8) is 0 Å². The number of rotatable bonds is 11. The van der Waals surface area contributed by atoms with Gasteiger partial charge in [-0.25, -0.2) is 12.8 Å². The zero-order chi connectivity index (χ0) is 28.7. The van der Waals surface area contributed by atoms with E-state index in [-0.39, 0.29) is 28.7 Å². The number of hydrogen-bond donors (Lipinski definition) is 1. The normalized spacial score (nSPS) is 12.1. The molecule has 0 aromatic heterocycles. The summed E-state index contributed by atoms with van der Waals surface area (Å²) in [7, 11) is -2.71. The number of carbonyl (C=O) groups is 2. The van der Waals surface area contributed by atoms with Crippen molar-refractivity contribution in [1.29, 1.82) is 0 Å². The van der Waals surface area contributed by atoms with Crippen LogP contribution in [0.15, 0.2) is 77.7 Å². The summed E-state index contributed by atoms with van der Waals surface area (Å²) in [5, 5.41) is 2.76. The number of sulfonamides is 1. The summed E-state index contributed by atoms with van der Waals surface area (Å²) >= 11 is 0. The summed E-state index contributed by atoms with van der Waals surface area (Å²) in [6, 6.07) is 17.3. The molecule has 1 N–H and O–H groups in total. The van der Waals surface area contributed by atoms with Crippen LogP contribution in [0, 0.1) is 12.7 Å². The molecule has 0 aliphatic carbocycles. The third kappa shape index (κ3) is 7.35. The van der Waals surface area contributed by atoms with E-state index >= 15 is 0 Å². The molecule has 0 radical (unpaired) electrons. The monoisotopic (exact) mass is 555 g/mol. The Bertz CT molecular complexity index is 1390. The first-order valence-corrected chi connectivity index (χ1v) is 13.9. The Hall–Kier alpha value is -3.92. The van der Waals surface area contributed by atoms with Gasteiger partial charge in [0.2, 0.25) is 11.8 Å². The Balaban J connectivity index is 2.04. The minimum Gasteiger partial charge on any atom is -0.497 e. The van der Waals surface area contributed by atoms with Gasteiger partial charge >= 0.3 is 0 Å². The van der Waals surface area contributed by atoms with Gasteiger partial charge in [-0.3, -0.25) is 13.9 Å². The van der Waals surface area contributed by atoms with E-state index in [4.69, 9.17) is 4.74 Å². The molecular weight excluding hydrogens is 521 g/mol. The van der Waals surface area contributed by atoms with Crippen molar-refractivity contribution in [1.82, 2.24) is 10.2 Å². The fraction of sp³-hybridized carbons (Fsp3) is 0.310. The molecule has 3 rings (SSSR count). The Morgan fingerprint density at radius 2 is 1.56 bits per heavy atom. The standard InChI is InChI=1S/C29H34FN3O5S/c1-20(2)31-29(35)22(4)32(18-23-8-6-7-9-27(23)30)28(34)19-33(24-12-14-25(38-5)15-13-24)39(36,37)26-16-10-21(3)11-17-26/h6-17,20,22H,18-19H2,1-5H3,(H,31,35)/t22-/m1/s1. The second kappa shape index (κ2) is 12.8. The average molecular weight is 556 g/mol. The van der Waals surface area contributed by atoms with Gasteiger partial charge in [0.1, 0.15) is 24.2 Å². The lowest BCUT2D eigenvalue weighted by Crippen LogP contribution is -2.52. The Labute approximate surface area is 229 Å². The summed E-state index contributed by atoms with van der Waals surface area (Å²) in [4.78, 5) is 27.9. The highest BCUT2D eigenvalue weighted by Crippen LogP contribution is 2.27. The predicted molar refractivity (Wildman–Crippen MR) is 148 cm³/mol. The van der Waals surface area contributed by atoms with Gasteiger partial charge in [-0.2, -0.15) is 0 Å². The zero-order valence-electron chi connectivity index (χ0n) is 22.7. The van der Waals surface area contributed by atoms with Crippen LogP contribution in [0.3, 0.4) is 0 Å². The van der Waals surface area contributed by atoms with Crippen LogP contribution < -0.4 is 14.4 Å². The second-order valence-electron chi connectivity index (χ2n) is 9.48. The minimum atomic E-state index is -4.19. The summed E-state index contributed by atoms with van der Waals surface area (Å²) in [6.45, 7) is 6.10. The number of halogens is 1. The molecular formula is C29H34FN3O5S. The van der Waals surface area contributed by atoms with Crippen LogP contribution >= 0.6 is 0 Å². The number of aryl methyl sites for hydroxylation is 1. The number of hydrogen-bond acceptors (Lipinski definition) is 5. The molecule has 10 heteroatoms. The maximum absolute atomic E-state index is 14.6. The maximum atomic E-state index is 14.6. The highest BCUT2D eigenvalue weighted by molar-refractivity contribution is 7.92. The topological polar surface area (TPSA) is 96.0 Å². The SMILES string of the molecule is COc1ccc(N(CC(=O)N(Cc2ccccc2F)[C@H](C)C(=O)NC(C)C)S(=O)(=O)c2ccc(C)cc2)cc1. The Kier molecular flexibility index (Phi) is 9.69. The number of benzene rings is 3.